The van der Waals surface area contributed by atoms with Crippen LogP contribution in [0.15, 0.2) is 70.6 Å². The summed E-state index contributed by atoms with van der Waals surface area (Å²) in [6.45, 7) is 0. The molecule has 0 aromatic heterocycles. The average molecular weight is 372 g/mol. The van der Waals surface area contributed by atoms with Gasteiger partial charge in [0.05, 0.1) is 12.1 Å². The third kappa shape index (κ3) is 3.91. The molecule has 1 aliphatic rings. The highest BCUT2D eigenvalue weighted by atomic mass is 16.3. The lowest BCUT2D eigenvalue weighted by atomic mass is 9.91. The lowest BCUT2D eigenvalue weighted by Crippen LogP contribution is -2.27. The van der Waals surface area contributed by atoms with Crippen LogP contribution >= 0.6 is 0 Å². The summed E-state index contributed by atoms with van der Waals surface area (Å²) < 4.78 is 0. The molecule has 2 N–H and O–H groups in total. The van der Waals surface area contributed by atoms with Crippen molar-refractivity contribution in [1.82, 2.24) is 0 Å². The zero-order valence-corrected chi connectivity index (χ0v) is 15.7. The van der Waals surface area contributed by atoms with Gasteiger partial charge in [-0.3, -0.25) is 9.98 Å². The van der Waals surface area contributed by atoms with Crippen molar-refractivity contribution in [1.29, 1.82) is 0 Å². The molecule has 0 spiro atoms. The molecule has 0 heterocycles. The second-order valence-electron chi connectivity index (χ2n) is 7.25. The number of phenolic OH excluding ortho intramolecular Hbond substituents is 2. The summed E-state index contributed by atoms with van der Waals surface area (Å²) in [6, 6.07) is 19.0. The number of rotatable bonds is 4. The first-order chi connectivity index (χ1) is 13.7. The van der Waals surface area contributed by atoms with E-state index in [0.717, 1.165) is 47.6 Å². The smallest absolute Gasteiger partial charge is 0.124 e. The maximum absolute atomic E-state index is 10.3. The van der Waals surface area contributed by atoms with Gasteiger partial charge in [-0.25, -0.2) is 0 Å². The molecule has 3 aromatic carbocycles. The van der Waals surface area contributed by atoms with Gasteiger partial charge >= 0.3 is 0 Å². The minimum Gasteiger partial charge on any atom is -0.507 e. The topological polar surface area (TPSA) is 65.2 Å². The summed E-state index contributed by atoms with van der Waals surface area (Å²) in [5.74, 6) is 0.482. The number of para-hydroxylation sites is 1. The minimum atomic E-state index is 0.0780. The van der Waals surface area contributed by atoms with Crippen LogP contribution in [0, 0.1) is 0 Å². The molecule has 0 aliphatic heterocycles. The van der Waals surface area contributed by atoms with E-state index in [0.29, 0.717) is 0 Å². The van der Waals surface area contributed by atoms with Gasteiger partial charge in [0.15, 0.2) is 0 Å². The van der Waals surface area contributed by atoms with Gasteiger partial charge in [0.25, 0.3) is 0 Å². The van der Waals surface area contributed by atoms with Gasteiger partial charge in [0.2, 0.25) is 0 Å². The van der Waals surface area contributed by atoms with Crippen molar-refractivity contribution in [3.8, 4) is 11.5 Å². The van der Waals surface area contributed by atoms with Gasteiger partial charge in [-0.15, -0.1) is 0 Å². The van der Waals surface area contributed by atoms with Gasteiger partial charge in [-0.2, -0.15) is 0 Å². The first-order valence-electron chi connectivity index (χ1n) is 9.77. The number of aliphatic imine (C=N–C) groups is 2. The lowest BCUT2D eigenvalue weighted by Gasteiger charge is -2.25. The Balaban J connectivity index is 1.59. The summed E-state index contributed by atoms with van der Waals surface area (Å²) >= 11 is 0. The van der Waals surface area contributed by atoms with Crippen LogP contribution in [0.1, 0.15) is 36.8 Å². The lowest BCUT2D eigenvalue weighted by molar-refractivity contribution is 0.390. The Labute approximate surface area is 164 Å². The second-order valence-corrected chi connectivity index (χ2v) is 7.25. The zero-order chi connectivity index (χ0) is 19.3. The molecule has 1 aliphatic carbocycles. The standard InChI is InChI=1S/C24H24N2O2/c27-23-12-6-2-8-18(23)15-25-21-10-4-5-11-22(21)26-16-20-19-9-3-1-7-17(19)13-14-24(20)28/h1-3,6-9,12-16,21-22,27-28H,4-5,10-11H2. The zero-order valence-electron chi connectivity index (χ0n) is 15.7. The molecule has 28 heavy (non-hydrogen) atoms. The number of fused-ring (bicyclic) bond motifs is 1. The van der Waals surface area contributed by atoms with Crippen LogP contribution in [0.2, 0.25) is 0 Å². The normalized spacial score (nSPS) is 20.3. The van der Waals surface area contributed by atoms with Crippen LogP contribution < -0.4 is 0 Å². The van der Waals surface area contributed by atoms with Crippen LogP contribution in [-0.4, -0.2) is 34.7 Å². The van der Waals surface area contributed by atoms with E-state index in [1.54, 1.807) is 30.6 Å². The maximum Gasteiger partial charge on any atom is 0.124 e. The molecule has 4 heteroatoms. The number of aromatic hydroxyl groups is 2. The third-order valence-corrected chi connectivity index (χ3v) is 5.38. The summed E-state index contributed by atoms with van der Waals surface area (Å²) in [5, 5.41) is 22.4. The van der Waals surface area contributed by atoms with E-state index in [2.05, 4.69) is 0 Å². The van der Waals surface area contributed by atoms with Crippen molar-refractivity contribution in [2.24, 2.45) is 9.98 Å². The molecule has 3 aromatic rings. The van der Waals surface area contributed by atoms with Gasteiger partial charge < -0.3 is 10.2 Å². The van der Waals surface area contributed by atoms with Gasteiger partial charge in [-0.05, 0) is 41.8 Å². The summed E-state index contributed by atoms with van der Waals surface area (Å²) in [4.78, 5) is 9.55. The summed E-state index contributed by atoms with van der Waals surface area (Å²) in [6.07, 6.45) is 7.78. The maximum atomic E-state index is 10.3. The third-order valence-electron chi connectivity index (χ3n) is 5.38. The Bertz CT molecular complexity index is 1030. The molecule has 4 nitrogen and oxygen atoms in total. The summed E-state index contributed by atoms with van der Waals surface area (Å²) in [5.41, 5.74) is 1.48. The Morgan fingerprint density at radius 3 is 2.18 bits per heavy atom. The predicted molar refractivity (Wildman–Crippen MR) is 115 cm³/mol. The number of nitrogens with zero attached hydrogens (tertiary/aromatic N) is 2. The van der Waals surface area contributed by atoms with Crippen molar-refractivity contribution in [3.63, 3.8) is 0 Å². The van der Waals surface area contributed by atoms with E-state index in [-0.39, 0.29) is 23.6 Å². The molecule has 0 bridgehead atoms. The van der Waals surface area contributed by atoms with E-state index in [9.17, 15) is 10.2 Å². The molecule has 0 radical (unpaired) electrons. The van der Waals surface area contributed by atoms with E-state index in [1.807, 2.05) is 42.5 Å². The first kappa shape index (κ1) is 18.2. The number of benzene rings is 3. The SMILES string of the molecule is Oc1ccccc1C=NC1CCCCC1N=Cc1c(O)ccc2ccccc12. The van der Waals surface area contributed by atoms with Gasteiger partial charge in [0, 0.05) is 23.6 Å². The number of hydrogen-bond acceptors (Lipinski definition) is 4. The van der Waals surface area contributed by atoms with Crippen LogP contribution in [0.3, 0.4) is 0 Å². The molecule has 0 saturated heterocycles. The highest BCUT2D eigenvalue weighted by Crippen LogP contribution is 2.28. The predicted octanol–water partition coefficient (Wildman–Crippen LogP) is 5.10. The number of phenols is 2. The molecule has 2 unspecified atom stereocenters. The molecular formula is C24H24N2O2. The van der Waals surface area contributed by atoms with Crippen molar-refractivity contribution < 1.29 is 10.2 Å². The monoisotopic (exact) mass is 372 g/mol. The Morgan fingerprint density at radius 1 is 0.714 bits per heavy atom. The highest BCUT2D eigenvalue weighted by molar-refractivity contribution is 6.02. The van der Waals surface area contributed by atoms with Crippen molar-refractivity contribution in [2.45, 2.75) is 37.8 Å². The van der Waals surface area contributed by atoms with Crippen molar-refractivity contribution >= 4 is 23.2 Å². The fraction of sp³-hybridized carbons (Fsp3) is 0.250. The van der Waals surface area contributed by atoms with E-state index in [4.69, 9.17) is 9.98 Å². The van der Waals surface area contributed by atoms with E-state index >= 15 is 0 Å². The Hall–Kier alpha value is -3.14. The van der Waals surface area contributed by atoms with E-state index < -0.39 is 0 Å². The van der Waals surface area contributed by atoms with Crippen LogP contribution in [0.4, 0.5) is 0 Å². The molecule has 4 rings (SSSR count). The van der Waals surface area contributed by atoms with Crippen molar-refractivity contribution in [2.75, 3.05) is 0 Å². The fourth-order valence-electron chi connectivity index (χ4n) is 3.80. The van der Waals surface area contributed by atoms with Gasteiger partial charge in [0.1, 0.15) is 11.5 Å². The number of hydrogen-bond donors (Lipinski definition) is 2. The largest absolute Gasteiger partial charge is 0.507 e. The average Bonchev–Trinajstić information content (AvgIpc) is 2.73. The molecule has 2 atom stereocenters. The fourth-order valence-corrected chi connectivity index (χ4v) is 3.80. The van der Waals surface area contributed by atoms with Crippen LogP contribution in [-0.2, 0) is 0 Å². The Kier molecular flexibility index (Phi) is 5.38. The first-order valence-corrected chi connectivity index (χ1v) is 9.77. The molecular weight excluding hydrogens is 348 g/mol. The second kappa shape index (κ2) is 8.26. The van der Waals surface area contributed by atoms with Gasteiger partial charge in [-0.1, -0.05) is 55.3 Å². The van der Waals surface area contributed by atoms with Crippen LogP contribution in [0.25, 0.3) is 10.8 Å². The van der Waals surface area contributed by atoms with E-state index in [1.165, 1.54) is 0 Å². The molecule has 142 valence electrons. The minimum absolute atomic E-state index is 0.0780. The van der Waals surface area contributed by atoms with Crippen molar-refractivity contribution in [3.05, 3.63) is 71.8 Å². The Morgan fingerprint density at radius 2 is 1.39 bits per heavy atom. The molecule has 1 fully saturated rings. The van der Waals surface area contributed by atoms with Crippen LogP contribution in [0.5, 0.6) is 11.5 Å². The molecule has 0 amide bonds. The summed E-state index contributed by atoms with van der Waals surface area (Å²) in [7, 11) is 0. The molecule has 1 saturated carbocycles. The highest BCUT2D eigenvalue weighted by Gasteiger charge is 2.23. The quantitative estimate of drug-likeness (QED) is 0.626.